The summed E-state index contributed by atoms with van der Waals surface area (Å²) in [7, 11) is -3.12. The van der Waals surface area contributed by atoms with Gasteiger partial charge in [0.05, 0.1) is 6.26 Å². The zero-order valence-electron chi connectivity index (χ0n) is 10.3. The summed E-state index contributed by atoms with van der Waals surface area (Å²) < 4.78 is 37.4. The molecule has 1 aromatic rings. The van der Waals surface area contributed by atoms with Gasteiger partial charge in [0.2, 0.25) is 10.0 Å². The Hall–Kier alpha value is -1.14. The van der Waals surface area contributed by atoms with Crippen molar-refractivity contribution in [1.29, 1.82) is 0 Å². The number of hydrogen-bond donors (Lipinski definition) is 1. The van der Waals surface area contributed by atoms with E-state index in [9.17, 15) is 12.8 Å². The van der Waals surface area contributed by atoms with Crippen LogP contribution in [0.15, 0.2) is 24.3 Å². The van der Waals surface area contributed by atoms with E-state index in [0.29, 0.717) is 12.5 Å². The molecule has 1 aliphatic heterocycles. The Labute approximate surface area is 107 Å². The van der Waals surface area contributed by atoms with Crippen LogP contribution in [0.5, 0.6) is 0 Å². The lowest BCUT2D eigenvalue weighted by Gasteiger charge is -2.18. The highest BCUT2D eigenvalue weighted by Crippen LogP contribution is 2.23. The number of anilines is 1. The van der Waals surface area contributed by atoms with Crippen molar-refractivity contribution in [1.82, 2.24) is 4.72 Å². The van der Waals surface area contributed by atoms with Crippen molar-refractivity contribution in [2.24, 2.45) is 5.92 Å². The molecule has 1 saturated heterocycles. The molecule has 18 heavy (non-hydrogen) atoms. The van der Waals surface area contributed by atoms with E-state index in [0.717, 1.165) is 25.2 Å². The first kappa shape index (κ1) is 13.3. The number of nitrogens with zero attached hydrogens (tertiary/aromatic N) is 1. The van der Waals surface area contributed by atoms with Crippen molar-refractivity contribution in [3.63, 3.8) is 0 Å². The van der Waals surface area contributed by atoms with Crippen molar-refractivity contribution in [3.8, 4) is 0 Å². The minimum absolute atomic E-state index is 0.242. The molecule has 6 heteroatoms. The molecule has 4 nitrogen and oxygen atoms in total. The Morgan fingerprint density at radius 2 is 2.06 bits per heavy atom. The predicted molar refractivity (Wildman–Crippen MR) is 69.6 cm³/mol. The molecule has 0 bridgehead atoms. The number of nitrogens with one attached hydrogen (secondary N) is 1. The van der Waals surface area contributed by atoms with Crippen LogP contribution in [-0.4, -0.2) is 34.3 Å². The highest BCUT2D eigenvalue weighted by Gasteiger charge is 2.23. The third-order valence-electron chi connectivity index (χ3n) is 3.11. The Balaban J connectivity index is 1.90. The number of rotatable bonds is 4. The Morgan fingerprint density at radius 3 is 2.67 bits per heavy atom. The summed E-state index contributed by atoms with van der Waals surface area (Å²) in [6.45, 7) is 2.15. The van der Waals surface area contributed by atoms with Gasteiger partial charge in [0, 0.05) is 25.3 Å². The van der Waals surface area contributed by atoms with Crippen molar-refractivity contribution in [3.05, 3.63) is 30.1 Å². The topological polar surface area (TPSA) is 49.4 Å². The van der Waals surface area contributed by atoms with Gasteiger partial charge < -0.3 is 4.90 Å². The smallest absolute Gasteiger partial charge is 0.208 e. The van der Waals surface area contributed by atoms with Gasteiger partial charge in [0.1, 0.15) is 5.82 Å². The normalized spacial score (nSPS) is 20.3. The van der Waals surface area contributed by atoms with E-state index in [-0.39, 0.29) is 5.82 Å². The van der Waals surface area contributed by atoms with Crippen LogP contribution in [0.4, 0.5) is 10.1 Å². The van der Waals surface area contributed by atoms with Gasteiger partial charge in [-0.05, 0) is 36.6 Å². The van der Waals surface area contributed by atoms with E-state index in [4.69, 9.17) is 0 Å². The first-order valence-corrected chi connectivity index (χ1v) is 7.78. The molecule has 1 heterocycles. The molecule has 0 spiro atoms. The number of hydrogen-bond acceptors (Lipinski definition) is 3. The first-order chi connectivity index (χ1) is 8.44. The molecule has 2 rings (SSSR count). The molecule has 1 fully saturated rings. The van der Waals surface area contributed by atoms with Crippen molar-refractivity contribution in [2.75, 3.05) is 30.8 Å². The average Bonchev–Trinajstić information content (AvgIpc) is 2.75. The van der Waals surface area contributed by atoms with E-state index < -0.39 is 10.0 Å². The van der Waals surface area contributed by atoms with Crippen LogP contribution in [-0.2, 0) is 10.0 Å². The van der Waals surface area contributed by atoms with Gasteiger partial charge in [-0.1, -0.05) is 0 Å². The maximum atomic E-state index is 12.8. The lowest BCUT2D eigenvalue weighted by atomic mass is 10.1. The monoisotopic (exact) mass is 272 g/mol. The molecular formula is C12H17FN2O2S. The van der Waals surface area contributed by atoms with Crippen LogP contribution in [0.2, 0.25) is 0 Å². The summed E-state index contributed by atoms with van der Waals surface area (Å²) in [6, 6.07) is 6.39. The summed E-state index contributed by atoms with van der Waals surface area (Å²) in [5.74, 6) is 0.0676. The summed E-state index contributed by atoms with van der Waals surface area (Å²) in [5, 5.41) is 0. The maximum Gasteiger partial charge on any atom is 0.208 e. The maximum absolute atomic E-state index is 12.8. The molecule has 0 aliphatic carbocycles. The lowest BCUT2D eigenvalue weighted by Crippen LogP contribution is -2.30. The highest BCUT2D eigenvalue weighted by atomic mass is 32.2. The summed E-state index contributed by atoms with van der Waals surface area (Å²) in [4.78, 5) is 2.15. The molecule has 1 N–H and O–H groups in total. The second-order valence-electron chi connectivity index (χ2n) is 4.70. The Kier molecular flexibility index (Phi) is 3.87. The standard InChI is InChI=1S/C12H17FN2O2S/c1-18(16,17)14-8-10-6-7-15(9-10)12-4-2-11(13)3-5-12/h2-5,10,14H,6-9H2,1H3/t10-/m1/s1. The second-order valence-corrected chi connectivity index (χ2v) is 6.53. The van der Waals surface area contributed by atoms with Crippen LogP contribution in [0.25, 0.3) is 0 Å². The molecule has 0 saturated carbocycles. The minimum Gasteiger partial charge on any atom is -0.371 e. The van der Waals surface area contributed by atoms with Gasteiger partial charge in [-0.15, -0.1) is 0 Å². The largest absolute Gasteiger partial charge is 0.371 e. The fourth-order valence-corrected chi connectivity index (χ4v) is 2.69. The van der Waals surface area contributed by atoms with Gasteiger partial charge in [-0.2, -0.15) is 0 Å². The number of halogens is 1. The van der Waals surface area contributed by atoms with Crippen molar-refractivity contribution in [2.45, 2.75) is 6.42 Å². The summed E-state index contributed by atoms with van der Waals surface area (Å²) in [6.07, 6.45) is 2.11. The van der Waals surface area contributed by atoms with Gasteiger partial charge in [0.15, 0.2) is 0 Å². The fraction of sp³-hybridized carbons (Fsp3) is 0.500. The highest BCUT2D eigenvalue weighted by molar-refractivity contribution is 7.88. The van der Waals surface area contributed by atoms with Crippen LogP contribution in [0.3, 0.4) is 0 Å². The van der Waals surface area contributed by atoms with Crippen molar-refractivity contribution < 1.29 is 12.8 Å². The third kappa shape index (κ3) is 3.68. The van der Waals surface area contributed by atoms with E-state index in [2.05, 4.69) is 9.62 Å². The molecule has 0 amide bonds. The van der Waals surface area contributed by atoms with Crippen LogP contribution in [0.1, 0.15) is 6.42 Å². The zero-order chi connectivity index (χ0) is 13.2. The fourth-order valence-electron chi connectivity index (χ4n) is 2.15. The molecule has 1 atom stereocenters. The lowest BCUT2D eigenvalue weighted by molar-refractivity contribution is 0.545. The zero-order valence-corrected chi connectivity index (χ0v) is 11.1. The third-order valence-corrected chi connectivity index (χ3v) is 3.80. The van der Waals surface area contributed by atoms with Crippen molar-refractivity contribution >= 4 is 15.7 Å². The van der Waals surface area contributed by atoms with E-state index in [1.807, 2.05) is 0 Å². The van der Waals surface area contributed by atoms with Crippen LogP contribution >= 0.6 is 0 Å². The molecule has 100 valence electrons. The molecule has 1 aliphatic rings. The van der Waals surface area contributed by atoms with E-state index in [1.54, 1.807) is 12.1 Å². The van der Waals surface area contributed by atoms with Crippen LogP contribution in [0, 0.1) is 11.7 Å². The van der Waals surface area contributed by atoms with Gasteiger partial charge in [0.25, 0.3) is 0 Å². The molecule has 0 unspecified atom stereocenters. The molecular weight excluding hydrogens is 255 g/mol. The molecule has 0 aromatic heterocycles. The SMILES string of the molecule is CS(=O)(=O)NC[C@H]1CCN(c2ccc(F)cc2)C1. The minimum atomic E-state index is -3.12. The number of benzene rings is 1. The Morgan fingerprint density at radius 1 is 1.39 bits per heavy atom. The average molecular weight is 272 g/mol. The predicted octanol–water partition coefficient (Wildman–Crippen LogP) is 1.20. The number of sulfonamides is 1. The second kappa shape index (κ2) is 5.24. The van der Waals surface area contributed by atoms with Gasteiger partial charge in [-0.25, -0.2) is 17.5 Å². The van der Waals surface area contributed by atoms with Crippen LogP contribution < -0.4 is 9.62 Å². The van der Waals surface area contributed by atoms with E-state index in [1.165, 1.54) is 18.4 Å². The quantitative estimate of drug-likeness (QED) is 0.896. The van der Waals surface area contributed by atoms with Gasteiger partial charge in [-0.3, -0.25) is 0 Å². The van der Waals surface area contributed by atoms with Gasteiger partial charge >= 0.3 is 0 Å². The van der Waals surface area contributed by atoms with E-state index >= 15 is 0 Å². The molecule has 0 radical (unpaired) electrons. The Bertz CT molecular complexity index is 501. The summed E-state index contributed by atoms with van der Waals surface area (Å²) >= 11 is 0. The molecule has 1 aromatic carbocycles. The summed E-state index contributed by atoms with van der Waals surface area (Å²) in [5.41, 5.74) is 0.984. The first-order valence-electron chi connectivity index (χ1n) is 5.89.